The number of amides is 2. The minimum Gasteiger partial charge on any atom is -0.456 e. The number of carbonyl (C=O) groups excluding carboxylic acids is 3. The second kappa shape index (κ2) is 13.0. The molecular weight excluding hydrogens is 503 g/mol. The molecule has 0 saturated carbocycles. The Bertz CT molecular complexity index is 1250. The molecule has 3 rings (SSSR count). The molecule has 2 amide bonds. The van der Waals surface area contributed by atoms with Crippen molar-refractivity contribution in [2.75, 3.05) is 17.2 Å². The number of esters is 1. The summed E-state index contributed by atoms with van der Waals surface area (Å²) in [6.07, 6.45) is 0.445. The highest BCUT2D eigenvalue weighted by Crippen LogP contribution is 2.32. The highest BCUT2D eigenvalue weighted by Gasteiger charge is 2.11. The molecule has 0 radical (unpaired) electrons. The number of hydrogen-bond donors (Lipinski definition) is 2. The molecule has 9 heteroatoms. The summed E-state index contributed by atoms with van der Waals surface area (Å²) >= 11 is 12.0. The van der Waals surface area contributed by atoms with Crippen molar-refractivity contribution >= 4 is 52.4 Å². The van der Waals surface area contributed by atoms with E-state index in [4.69, 9.17) is 32.7 Å². The summed E-state index contributed by atoms with van der Waals surface area (Å²) in [5.41, 5.74) is 3.27. The van der Waals surface area contributed by atoms with Crippen LogP contribution in [0.3, 0.4) is 0 Å². The van der Waals surface area contributed by atoms with Crippen LogP contribution < -0.4 is 15.4 Å². The van der Waals surface area contributed by atoms with E-state index in [1.165, 1.54) is 0 Å². The molecule has 0 heterocycles. The fraction of sp³-hybridized carbons (Fsp3) is 0.222. The first-order valence-corrected chi connectivity index (χ1v) is 12.0. The van der Waals surface area contributed by atoms with Crippen molar-refractivity contribution in [3.8, 4) is 11.5 Å². The Hall–Kier alpha value is -3.55. The van der Waals surface area contributed by atoms with Gasteiger partial charge < -0.3 is 20.1 Å². The summed E-state index contributed by atoms with van der Waals surface area (Å²) in [6.45, 7) is 3.47. The van der Waals surface area contributed by atoms with Gasteiger partial charge in [-0.2, -0.15) is 0 Å². The molecule has 2 N–H and O–H groups in total. The molecule has 0 spiro atoms. The summed E-state index contributed by atoms with van der Waals surface area (Å²) < 4.78 is 10.7. The topological polar surface area (TPSA) is 93.7 Å². The summed E-state index contributed by atoms with van der Waals surface area (Å²) in [6, 6.07) is 17.3. The third-order valence-electron chi connectivity index (χ3n) is 5.29. The Kier molecular flexibility index (Phi) is 9.73. The third-order valence-corrected chi connectivity index (χ3v) is 5.82. The lowest BCUT2D eigenvalue weighted by Crippen LogP contribution is -2.21. The maximum Gasteiger partial charge on any atom is 0.306 e. The first-order valence-electron chi connectivity index (χ1n) is 11.3. The number of hydrogen-bond acceptors (Lipinski definition) is 5. The quantitative estimate of drug-likeness (QED) is 0.285. The Morgan fingerprint density at radius 2 is 1.61 bits per heavy atom. The molecule has 0 fully saturated rings. The van der Waals surface area contributed by atoms with Gasteiger partial charge in [-0.25, -0.2) is 0 Å². The number of rotatable bonds is 10. The molecule has 0 saturated heterocycles. The van der Waals surface area contributed by atoms with Gasteiger partial charge in [-0.3, -0.25) is 14.4 Å². The molecule has 0 aliphatic carbocycles. The van der Waals surface area contributed by atoms with E-state index in [2.05, 4.69) is 10.6 Å². The molecule has 188 valence electrons. The highest BCUT2D eigenvalue weighted by atomic mass is 35.5. The molecule has 0 aliphatic rings. The van der Waals surface area contributed by atoms with Gasteiger partial charge in [-0.1, -0.05) is 35.3 Å². The lowest BCUT2D eigenvalue weighted by molar-refractivity contribution is -0.147. The van der Waals surface area contributed by atoms with Gasteiger partial charge in [-0.05, 0) is 79.9 Å². The number of aryl methyl sites for hydroxylation is 1. The number of nitrogens with one attached hydrogen (secondary N) is 2. The van der Waals surface area contributed by atoms with E-state index in [0.717, 1.165) is 11.1 Å². The number of benzene rings is 3. The highest BCUT2D eigenvalue weighted by molar-refractivity contribution is 6.35. The van der Waals surface area contributed by atoms with Crippen molar-refractivity contribution < 1.29 is 23.9 Å². The van der Waals surface area contributed by atoms with Crippen molar-refractivity contribution in [1.82, 2.24) is 0 Å². The normalized spacial score (nSPS) is 10.4. The zero-order valence-corrected chi connectivity index (χ0v) is 21.4. The molecule has 3 aromatic rings. The lowest BCUT2D eigenvalue weighted by Gasteiger charge is -2.11. The fourth-order valence-electron chi connectivity index (χ4n) is 3.20. The van der Waals surface area contributed by atoms with Crippen LogP contribution in [0.1, 0.15) is 30.4 Å². The number of anilines is 2. The second-order valence-electron chi connectivity index (χ2n) is 8.06. The van der Waals surface area contributed by atoms with Crippen LogP contribution in [0.15, 0.2) is 60.7 Å². The van der Waals surface area contributed by atoms with E-state index in [-0.39, 0.29) is 25.4 Å². The zero-order valence-electron chi connectivity index (χ0n) is 19.9. The molecule has 0 aromatic heterocycles. The van der Waals surface area contributed by atoms with Crippen molar-refractivity contribution in [2.24, 2.45) is 0 Å². The minimum atomic E-state index is -0.540. The molecule has 0 aliphatic heterocycles. The van der Waals surface area contributed by atoms with E-state index in [0.29, 0.717) is 39.3 Å². The Labute approximate surface area is 219 Å². The van der Waals surface area contributed by atoms with Gasteiger partial charge in [0.25, 0.3) is 5.91 Å². The van der Waals surface area contributed by atoms with Gasteiger partial charge in [0, 0.05) is 29.2 Å². The van der Waals surface area contributed by atoms with Crippen LogP contribution in [0.2, 0.25) is 10.0 Å². The average Bonchev–Trinajstić information content (AvgIpc) is 2.83. The van der Waals surface area contributed by atoms with E-state index in [1.54, 1.807) is 48.5 Å². The van der Waals surface area contributed by atoms with Gasteiger partial charge in [0.2, 0.25) is 5.91 Å². The van der Waals surface area contributed by atoms with Crippen LogP contribution in [0.25, 0.3) is 0 Å². The first-order chi connectivity index (χ1) is 17.2. The number of carbonyl (C=O) groups is 3. The lowest BCUT2D eigenvalue weighted by atomic mass is 10.1. The third kappa shape index (κ3) is 8.29. The Balaban J connectivity index is 1.35. The van der Waals surface area contributed by atoms with Crippen LogP contribution in [0.5, 0.6) is 11.5 Å². The summed E-state index contributed by atoms with van der Waals surface area (Å²) in [4.78, 5) is 36.2. The summed E-state index contributed by atoms with van der Waals surface area (Å²) in [5.74, 6) is -0.194. The second-order valence-corrected chi connectivity index (χ2v) is 8.90. The van der Waals surface area contributed by atoms with E-state index >= 15 is 0 Å². The van der Waals surface area contributed by atoms with Crippen molar-refractivity contribution in [1.29, 1.82) is 0 Å². The molecule has 7 nitrogen and oxygen atoms in total. The molecule has 0 unspecified atom stereocenters. The minimum absolute atomic E-state index is 0.0266. The predicted molar refractivity (Wildman–Crippen MR) is 141 cm³/mol. The largest absolute Gasteiger partial charge is 0.456 e. The molecule has 0 atom stereocenters. The fourth-order valence-corrected chi connectivity index (χ4v) is 3.65. The van der Waals surface area contributed by atoms with Crippen LogP contribution >= 0.6 is 23.2 Å². The van der Waals surface area contributed by atoms with Gasteiger partial charge >= 0.3 is 5.97 Å². The van der Waals surface area contributed by atoms with Crippen molar-refractivity contribution in [2.45, 2.75) is 33.1 Å². The van der Waals surface area contributed by atoms with Crippen LogP contribution in [0.4, 0.5) is 11.4 Å². The van der Waals surface area contributed by atoms with Gasteiger partial charge in [0.1, 0.15) is 11.5 Å². The van der Waals surface area contributed by atoms with Crippen LogP contribution in [-0.4, -0.2) is 24.4 Å². The van der Waals surface area contributed by atoms with Crippen LogP contribution in [0, 0.1) is 13.8 Å². The van der Waals surface area contributed by atoms with Crippen molar-refractivity contribution in [3.05, 3.63) is 81.8 Å². The van der Waals surface area contributed by atoms with Crippen LogP contribution in [-0.2, 0) is 19.1 Å². The van der Waals surface area contributed by atoms with Gasteiger partial charge in [-0.15, -0.1) is 0 Å². The average molecular weight is 529 g/mol. The monoisotopic (exact) mass is 528 g/mol. The molecular formula is C27H26Cl2N2O5. The van der Waals surface area contributed by atoms with E-state index < -0.39 is 11.9 Å². The van der Waals surface area contributed by atoms with Crippen molar-refractivity contribution in [3.63, 3.8) is 0 Å². The Morgan fingerprint density at radius 3 is 2.33 bits per heavy atom. The zero-order chi connectivity index (χ0) is 26.1. The summed E-state index contributed by atoms with van der Waals surface area (Å²) in [7, 11) is 0. The molecule has 3 aromatic carbocycles. The maximum atomic E-state index is 12.2. The first kappa shape index (κ1) is 27.0. The van der Waals surface area contributed by atoms with E-state index in [1.807, 2.05) is 26.0 Å². The van der Waals surface area contributed by atoms with E-state index in [9.17, 15) is 14.4 Å². The standard InChI is InChI=1S/C27H26Cl2N2O5/c1-17-5-3-6-23(18(17)2)31-26(33)16-35-27(34)8-4-7-25(32)30-20-10-12-21(13-11-20)36-24-14-9-19(28)15-22(24)29/h3,5-6,9-15H,4,7-8,16H2,1-2H3,(H,30,32)(H,31,33). The molecule has 36 heavy (non-hydrogen) atoms. The summed E-state index contributed by atoms with van der Waals surface area (Å²) in [5, 5.41) is 6.39. The smallest absolute Gasteiger partial charge is 0.306 e. The maximum absolute atomic E-state index is 12.2. The van der Waals surface area contributed by atoms with Gasteiger partial charge in [0.05, 0.1) is 5.02 Å². The van der Waals surface area contributed by atoms with Gasteiger partial charge in [0.15, 0.2) is 6.61 Å². The molecule has 0 bridgehead atoms. The Morgan fingerprint density at radius 1 is 0.861 bits per heavy atom. The number of ether oxygens (including phenoxy) is 2. The SMILES string of the molecule is Cc1cccc(NC(=O)COC(=O)CCCC(=O)Nc2ccc(Oc3ccc(Cl)cc3Cl)cc2)c1C. The number of halogens is 2. The predicted octanol–water partition coefficient (Wildman–Crippen LogP) is 6.69.